The van der Waals surface area contributed by atoms with Crippen LogP contribution < -0.4 is 0 Å². The lowest BCUT2D eigenvalue weighted by molar-refractivity contribution is -0.140. The van der Waals surface area contributed by atoms with Crippen LogP contribution in [0, 0.1) is 23.6 Å². The second kappa shape index (κ2) is 10.9. The summed E-state index contributed by atoms with van der Waals surface area (Å²) < 4.78 is 51.5. The van der Waals surface area contributed by atoms with Crippen LogP contribution in [0.2, 0.25) is 0 Å². The normalized spacial score (nSPS) is 19.1. The maximum Gasteiger partial charge on any atom is 0.419 e. The molecule has 3 rings (SSSR count). The minimum atomic E-state index is -4.69. The van der Waals surface area contributed by atoms with Crippen LogP contribution in [0.3, 0.4) is 0 Å². The fourth-order valence-electron chi connectivity index (χ4n) is 4.52. The highest BCUT2D eigenvalue weighted by Gasteiger charge is 2.33. The monoisotopic (exact) mass is 442 g/mol. The minimum absolute atomic E-state index is 0.239. The zero-order chi connectivity index (χ0) is 23.1. The molecule has 0 saturated heterocycles. The lowest BCUT2D eigenvalue weighted by Gasteiger charge is -2.29. The fraction of sp³-hybridized carbons (Fsp3) is 0.429. The van der Waals surface area contributed by atoms with Crippen molar-refractivity contribution in [3.63, 3.8) is 0 Å². The van der Waals surface area contributed by atoms with Gasteiger partial charge in [-0.15, -0.1) is 0 Å². The van der Waals surface area contributed by atoms with Crippen LogP contribution in [0.4, 0.5) is 17.6 Å². The molecule has 4 heteroatoms. The Kier molecular flexibility index (Phi) is 8.18. The zero-order valence-electron chi connectivity index (χ0n) is 18.7. The molecule has 0 nitrogen and oxygen atoms in total. The molecule has 2 aromatic rings. The lowest BCUT2D eigenvalue weighted by Crippen LogP contribution is -2.13. The maximum atomic E-state index is 13.6. The molecule has 0 N–H and O–H groups in total. The molecular formula is C28H30F4. The number of rotatable bonds is 5. The largest absolute Gasteiger partial charge is 0.419 e. The van der Waals surface area contributed by atoms with Crippen LogP contribution in [0.1, 0.15) is 79.7 Å². The number of hydrogen-bond donors (Lipinski definition) is 0. The van der Waals surface area contributed by atoms with Gasteiger partial charge in [0.25, 0.3) is 0 Å². The van der Waals surface area contributed by atoms with Crippen LogP contribution in [0.25, 0.3) is 0 Å². The fourth-order valence-corrected chi connectivity index (χ4v) is 4.52. The Morgan fingerprint density at radius 2 is 1.75 bits per heavy atom. The number of benzene rings is 2. The van der Waals surface area contributed by atoms with Gasteiger partial charge in [0.05, 0.1) is 5.56 Å². The molecular weight excluding hydrogens is 412 g/mol. The molecule has 1 saturated carbocycles. The van der Waals surface area contributed by atoms with Gasteiger partial charge in [-0.05, 0) is 91.3 Å². The Labute approximate surface area is 188 Å². The van der Waals surface area contributed by atoms with Crippen molar-refractivity contribution in [2.45, 2.75) is 70.9 Å². The van der Waals surface area contributed by atoms with E-state index in [9.17, 15) is 17.6 Å². The van der Waals surface area contributed by atoms with E-state index in [1.807, 2.05) is 0 Å². The van der Waals surface area contributed by atoms with Gasteiger partial charge < -0.3 is 0 Å². The van der Waals surface area contributed by atoms with Gasteiger partial charge in [-0.3, -0.25) is 0 Å². The van der Waals surface area contributed by atoms with Crippen LogP contribution in [0.5, 0.6) is 0 Å². The van der Waals surface area contributed by atoms with E-state index in [2.05, 4.69) is 50.0 Å². The first-order valence-electron chi connectivity index (χ1n) is 11.5. The van der Waals surface area contributed by atoms with E-state index in [1.165, 1.54) is 22.8 Å². The molecule has 0 radical (unpaired) electrons. The van der Waals surface area contributed by atoms with Crippen molar-refractivity contribution in [2.75, 3.05) is 0 Å². The summed E-state index contributed by atoms with van der Waals surface area (Å²) >= 11 is 0. The summed E-state index contributed by atoms with van der Waals surface area (Å²) in [7, 11) is 0. The van der Waals surface area contributed by atoms with Crippen LogP contribution in [-0.2, 0) is 19.0 Å². The van der Waals surface area contributed by atoms with Gasteiger partial charge in [-0.2, -0.15) is 13.2 Å². The van der Waals surface area contributed by atoms with Crippen LogP contribution in [-0.4, -0.2) is 0 Å². The summed E-state index contributed by atoms with van der Waals surface area (Å²) in [6.07, 6.45) is 6.97. The van der Waals surface area contributed by atoms with Crippen molar-refractivity contribution in [1.82, 2.24) is 0 Å². The molecule has 0 atom stereocenters. The van der Waals surface area contributed by atoms with Crippen molar-refractivity contribution in [3.8, 4) is 11.8 Å². The molecule has 0 aromatic heterocycles. The third-order valence-electron chi connectivity index (χ3n) is 6.29. The van der Waals surface area contributed by atoms with Crippen LogP contribution in [0.15, 0.2) is 48.6 Å². The first-order chi connectivity index (χ1) is 15.3. The molecule has 0 amide bonds. The maximum absolute atomic E-state index is 13.6. The third kappa shape index (κ3) is 6.25. The molecule has 32 heavy (non-hydrogen) atoms. The second-order valence-corrected chi connectivity index (χ2v) is 8.57. The number of hydrogen-bond acceptors (Lipinski definition) is 0. The average molecular weight is 443 g/mol. The SMILES string of the molecule is CCCc1cc(CC)ccc1[C@H]1CC[C@H](C=CC#Cc2ccc(C(F)(F)F)c(F)c2)CC1. The van der Waals surface area contributed by atoms with E-state index in [4.69, 9.17) is 0 Å². The van der Waals surface area contributed by atoms with E-state index in [-0.39, 0.29) is 5.56 Å². The number of aryl methyl sites for hydroxylation is 2. The first kappa shape index (κ1) is 24.1. The van der Waals surface area contributed by atoms with Crippen molar-refractivity contribution in [2.24, 2.45) is 5.92 Å². The lowest BCUT2D eigenvalue weighted by atomic mass is 9.76. The molecule has 2 aromatic carbocycles. The molecule has 170 valence electrons. The summed E-state index contributed by atoms with van der Waals surface area (Å²) in [5.41, 5.74) is 3.39. The van der Waals surface area contributed by atoms with Crippen molar-refractivity contribution in [3.05, 3.63) is 82.2 Å². The standard InChI is InChI=1S/C28H30F4/c1-3-7-24-18-20(4-2)12-16-25(24)23-14-10-21(11-15-23)8-5-6-9-22-13-17-26(27(29)19-22)28(30,31)32/h5,8,12-13,16-19,21,23H,3-4,7,10-11,14-15H2,1-2H3/t21-,23-. The van der Waals surface area contributed by atoms with E-state index < -0.39 is 17.6 Å². The number of allylic oxidation sites excluding steroid dienone is 2. The Hall–Kier alpha value is -2.54. The quantitative estimate of drug-likeness (QED) is 0.323. The molecule has 1 aliphatic rings. The average Bonchev–Trinajstić information content (AvgIpc) is 2.76. The van der Waals surface area contributed by atoms with Gasteiger partial charge in [0.2, 0.25) is 0 Å². The summed E-state index contributed by atoms with van der Waals surface area (Å²) in [5.74, 6) is 5.33. The second-order valence-electron chi connectivity index (χ2n) is 8.57. The predicted octanol–water partition coefficient (Wildman–Crippen LogP) is 8.24. The van der Waals surface area contributed by atoms with Gasteiger partial charge in [0, 0.05) is 5.56 Å². The highest BCUT2D eigenvalue weighted by Crippen LogP contribution is 2.38. The van der Waals surface area contributed by atoms with Crippen molar-refractivity contribution < 1.29 is 17.6 Å². The van der Waals surface area contributed by atoms with Crippen LogP contribution >= 0.6 is 0 Å². The number of halogens is 4. The van der Waals surface area contributed by atoms with E-state index in [0.29, 0.717) is 11.8 Å². The Balaban J connectivity index is 1.58. The highest BCUT2D eigenvalue weighted by molar-refractivity contribution is 5.40. The molecule has 1 aliphatic carbocycles. The molecule has 0 bridgehead atoms. The molecule has 0 aliphatic heterocycles. The Morgan fingerprint density at radius 3 is 2.38 bits per heavy atom. The van der Waals surface area contributed by atoms with Gasteiger partial charge in [0.15, 0.2) is 0 Å². The Bertz CT molecular complexity index is 996. The topological polar surface area (TPSA) is 0 Å². The van der Waals surface area contributed by atoms with E-state index in [1.54, 1.807) is 6.08 Å². The first-order valence-corrected chi connectivity index (χ1v) is 11.5. The third-order valence-corrected chi connectivity index (χ3v) is 6.29. The highest BCUT2D eigenvalue weighted by atomic mass is 19.4. The smallest absolute Gasteiger partial charge is 0.206 e. The zero-order valence-corrected chi connectivity index (χ0v) is 18.7. The molecule has 1 fully saturated rings. The van der Waals surface area contributed by atoms with Gasteiger partial charge in [0.1, 0.15) is 5.82 Å². The van der Waals surface area contributed by atoms with Crippen molar-refractivity contribution in [1.29, 1.82) is 0 Å². The van der Waals surface area contributed by atoms with Gasteiger partial charge in [-0.25, -0.2) is 4.39 Å². The van der Waals surface area contributed by atoms with Crippen molar-refractivity contribution >= 4 is 0 Å². The molecule has 0 heterocycles. The summed E-state index contributed by atoms with van der Waals surface area (Å²) in [4.78, 5) is 0. The van der Waals surface area contributed by atoms with E-state index >= 15 is 0 Å². The van der Waals surface area contributed by atoms with Gasteiger partial charge in [-0.1, -0.05) is 56.4 Å². The van der Waals surface area contributed by atoms with Gasteiger partial charge >= 0.3 is 6.18 Å². The predicted molar refractivity (Wildman–Crippen MR) is 122 cm³/mol. The summed E-state index contributed by atoms with van der Waals surface area (Å²) in [6.45, 7) is 4.42. The molecule has 0 spiro atoms. The number of alkyl halides is 3. The van der Waals surface area contributed by atoms with E-state index in [0.717, 1.165) is 57.1 Å². The summed E-state index contributed by atoms with van der Waals surface area (Å²) in [6, 6.07) is 9.76. The Morgan fingerprint density at radius 1 is 1.00 bits per heavy atom. The minimum Gasteiger partial charge on any atom is -0.206 e. The summed E-state index contributed by atoms with van der Waals surface area (Å²) in [5, 5.41) is 0. The molecule has 0 unspecified atom stereocenters.